The molecule has 1 fully saturated rings. The minimum atomic E-state index is 0.257. The Kier molecular flexibility index (Phi) is 4.91. The van der Waals surface area contributed by atoms with Crippen molar-refractivity contribution in [1.29, 1.82) is 0 Å². The van der Waals surface area contributed by atoms with E-state index in [4.69, 9.17) is 28.9 Å². The summed E-state index contributed by atoms with van der Waals surface area (Å²) in [6.45, 7) is 3.92. The number of benzene rings is 1. The van der Waals surface area contributed by atoms with Crippen LogP contribution in [0.1, 0.15) is 37.8 Å². The number of nitrogens with two attached hydrogens (primary N) is 1. The van der Waals surface area contributed by atoms with Gasteiger partial charge in [-0.3, -0.25) is 4.90 Å². The molecule has 1 unspecified atom stereocenters. The van der Waals surface area contributed by atoms with E-state index in [-0.39, 0.29) is 6.04 Å². The maximum atomic E-state index is 6.10. The van der Waals surface area contributed by atoms with E-state index in [9.17, 15) is 0 Å². The summed E-state index contributed by atoms with van der Waals surface area (Å²) in [5.41, 5.74) is 7.15. The zero-order valence-corrected chi connectivity index (χ0v) is 12.2. The summed E-state index contributed by atoms with van der Waals surface area (Å²) in [5, 5.41) is 1.21. The minimum Gasteiger partial charge on any atom is -0.329 e. The molecular formula is C14H20Cl2N2. The second-order valence-corrected chi connectivity index (χ2v) is 5.71. The molecule has 0 aromatic heterocycles. The SMILES string of the molecule is CCCN(C1CC1)C(CN)c1ccc(Cl)c(Cl)c1. The number of halogens is 2. The number of rotatable bonds is 6. The van der Waals surface area contributed by atoms with Crippen molar-refractivity contribution in [2.45, 2.75) is 38.3 Å². The second-order valence-electron chi connectivity index (χ2n) is 4.89. The molecule has 4 heteroatoms. The van der Waals surface area contributed by atoms with Gasteiger partial charge in [-0.1, -0.05) is 36.2 Å². The molecule has 2 nitrogen and oxygen atoms in total. The average molecular weight is 287 g/mol. The van der Waals surface area contributed by atoms with Crippen LogP contribution in [0.4, 0.5) is 0 Å². The highest BCUT2D eigenvalue weighted by atomic mass is 35.5. The molecule has 1 aromatic carbocycles. The third-order valence-electron chi connectivity index (χ3n) is 3.45. The zero-order chi connectivity index (χ0) is 13.1. The lowest BCUT2D eigenvalue weighted by Gasteiger charge is -2.31. The number of nitrogens with zero attached hydrogens (tertiary/aromatic N) is 1. The van der Waals surface area contributed by atoms with Crippen LogP contribution < -0.4 is 5.73 Å². The van der Waals surface area contributed by atoms with Crippen molar-refractivity contribution in [3.63, 3.8) is 0 Å². The molecule has 100 valence electrons. The van der Waals surface area contributed by atoms with Crippen LogP contribution in [0, 0.1) is 0 Å². The van der Waals surface area contributed by atoms with Crippen LogP contribution in [0.2, 0.25) is 10.0 Å². The maximum Gasteiger partial charge on any atom is 0.0595 e. The molecule has 0 heterocycles. The molecule has 2 N–H and O–H groups in total. The lowest BCUT2D eigenvalue weighted by atomic mass is 10.0. The van der Waals surface area contributed by atoms with Gasteiger partial charge < -0.3 is 5.73 Å². The highest BCUT2D eigenvalue weighted by molar-refractivity contribution is 6.42. The summed E-state index contributed by atoms with van der Waals surface area (Å²) < 4.78 is 0. The summed E-state index contributed by atoms with van der Waals surface area (Å²) in [5.74, 6) is 0. The normalized spacial score (nSPS) is 17.2. The topological polar surface area (TPSA) is 29.3 Å². The van der Waals surface area contributed by atoms with Gasteiger partial charge in [0.15, 0.2) is 0 Å². The van der Waals surface area contributed by atoms with Gasteiger partial charge in [-0.05, 0) is 43.5 Å². The molecular weight excluding hydrogens is 267 g/mol. The van der Waals surface area contributed by atoms with Crippen LogP contribution in [0.3, 0.4) is 0 Å². The van der Waals surface area contributed by atoms with Crippen LogP contribution >= 0.6 is 23.2 Å². The second kappa shape index (κ2) is 6.25. The van der Waals surface area contributed by atoms with Gasteiger partial charge in [-0.25, -0.2) is 0 Å². The minimum absolute atomic E-state index is 0.257. The van der Waals surface area contributed by atoms with Gasteiger partial charge in [0.2, 0.25) is 0 Å². The Hall–Kier alpha value is -0.280. The van der Waals surface area contributed by atoms with E-state index in [1.54, 1.807) is 0 Å². The summed E-state index contributed by atoms with van der Waals surface area (Å²) in [4.78, 5) is 2.51. The molecule has 18 heavy (non-hydrogen) atoms. The molecule has 2 rings (SSSR count). The smallest absolute Gasteiger partial charge is 0.0595 e. The van der Waals surface area contributed by atoms with Crippen LogP contribution in [0.25, 0.3) is 0 Å². The molecule has 1 aromatic rings. The Morgan fingerprint density at radius 2 is 2.06 bits per heavy atom. The van der Waals surface area contributed by atoms with Crippen molar-refractivity contribution >= 4 is 23.2 Å². The van der Waals surface area contributed by atoms with E-state index in [1.807, 2.05) is 18.2 Å². The van der Waals surface area contributed by atoms with Crippen molar-refractivity contribution in [3.8, 4) is 0 Å². The Balaban J connectivity index is 2.22. The van der Waals surface area contributed by atoms with E-state index in [2.05, 4.69) is 11.8 Å². The van der Waals surface area contributed by atoms with Gasteiger partial charge >= 0.3 is 0 Å². The lowest BCUT2D eigenvalue weighted by molar-refractivity contribution is 0.191. The summed E-state index contributed by atoms with van der Waals surface area (Å²) in [6.07, 6.45) is 3.73. The molecule has 0 spiro atoms. The number of hydrogen-bond donors (Lipinski definition) is 1. The number of hydrogen-bond acceptors (Lipinski definition) is 2. The van der Waals surface area contributed by atoms with Crippen LogP contribution in [0.15, 0.2) is 18.2 Å². The molecule has 1 aliphatic rings. The molecule has 1 saturated carbocycles. The zero-order valence-electron chi connectivity index (χ0n) is 10.7. The Morgan fingerprint density at radius 1 is 1.33 bits per heavy atom. The van der Waals surface area contributed by atoms with Gasteiger partial charge in [0.25, 0.3) is 0 Å². The summed E-state index contributed by atoms with van der Waals surface area (Å²) in [7, 11) is 0. The fraction of sp³-hybridized carbons (Fsp3) is 0.571. The fourth-order valence-corrected chi connectivity index (χ4v) is 2.75. The fourth-order valence-electron chi connectivity index (χ4n) is 2.44. The van der Waals surface area contributed by atoms with Crippen LogP contribution in [-0.2, 0) is 0 Å². The first kappa shape index (κ1) is 14.1. The van der Waals surface area contributed by atoms with Crippen molar-refractivity contribution in [1.82, 2.24) is 4.90 Å². The molecule has 1 aliphatic carbocycles. The van der Waals surface area contributed by atoms with E-state index in [0.717, 1.165) is 13.0 Å². The third kappa shape index (κ3) is 3.18. The monoisotopic (exact) mass is 286 g/mol. The molecule has 0 bridgehead atoms. The largest absolute Gasteiger partial charge is 0.329 e. The van der Waals surface area contributed by atoms with Crippen LogP contribution in [0.5, 0.6) is 0 Å². The Bertz CT molecular complexity index is 405. The van der Waals surface area contributed by atoms with E-state index >= 15 is 0 Å². The van der Waals surface area contributed by atoms with E-state index in [0.29, 0.717) is 22.6 Å². The maximum absolute atomic E-state index is 6.10. The van der Waals surface area contributed by atoms with Gasteiger partial charge in [0, 0.05) is 18.6 Å². The first-order valence-corrected chi connectivity index (χ1v) is 7.33. The van der Waals surface area contributed by atoms with Crippen molar-refractivity contribution in [2.24, 2.45) is 5.73 Å². The summed E-state index contributed by atoms with van der Waals surface area (Å²) >= 11 is 12.1. The third-order valence-corrected chi connectivity index (χ3v) is 4.19. The highest BCUT2D eigenvalue weighted by Gasteiger charge is 2.33. The Morgan fingerprint density at radius 3 is 2.56 bits per heavy atom. The molecule has 0 amide bonds. The first-order valence-electron chi connectivity index (χ1n) is 6.58. The standard InChI is InChI=1S/C14H20Cl2N2/c1-2-7-18(11-4-5-11)14(9-17)10-3-6-12(15)13(16)8-10/h3,6,8,11,14H,2,4-5,7,9,17H2,1H3. The predicted molar refractivity (Wildman–Crippen MR) is 78.3 cm³/mol. The molecule has 1 atom stereocenters. The van der Waals surface area contributed by atoms with Crippen molar-refractivity contribution in [2.75, 3.05) is 13.1 Å². The van der Waals surface area contributed by atoms with E-state index in [1.165, 1.54) is 18.4 Å². The Labute approximate surface area is 119 Å². The van der Waals surface area contributed by atoms with Gasteiger partial charge in [0.1, 0.15) is 0 Å². The van der Waals surface area contributed by atoms with Gasteiger partial charge in [0.05, 0.1) is 10.0 Å². The molecule has 0 aliphatic heterocycles. The van der Waals surface area contributed by atoms with E-state index < -0.39 is 0 Å². The molecule has 0 radical (unpaired) electrons. The van der Waals surface area contributed by atoms with Gasteiger partial charge in [-0.15, -0.1) is 0 Å². The van der Waals surface area contributed by atoms with Gasteiger partial charge in [-0.2, -0.15) is 0 Å². The van der Waals surface area contributed by atoms with Crippen LogP contribution in [-0.4, -0.2) is 24.0 Å². The van der Waals surface area contributed by atoms with Crippen molar-refractivity contribution < 1.29 is 0 Å². The quantitative estimate of drug-likeness (QED) is 0.860. The van der Waals surface area contributed by atoms with Crippen molar-refractivity contribution in [3.05, 3.63) is 33.8 Å². The highest BCUT2D eigenvalue weighted by Crippen LogP contribution is 2.35. The predicted octanol–water partition coefficient (Wildman–Crippen LogP) is 3.87. The average Bonchev–Trinajstić information content (AvgIpc) is 3.17. The molecule has 0 saturated heterocycles. The summed E-state index contributed by atoms with van der Waals surface area (Å²) in [6, 6.07) is 6.81. The lowest BCUT2D eigenvalue weighted by Crippen LogP contribution is -2.36. The first-order chi connectivity index (χ1) is 8.67.